The molecule has 0 saturated heterocycles. The number of hydrogen-bond acceptors (Lipinski definition) is 6. The fourth-order valence-electron chi connectivity index (χ4n) is 3.13. The van der Waals surface area contributed by atoms with Gasteiger partial charge in [0.1, 0.15) is 12.4 Å². The number of carbonyl (C=O) groups excluding carboxylic acids is 1. The molecule has 10 heteroatoms. The van der Waals surface area contributed by atoms with Gasteiger partial charge in [0, 0.05) is 11.0 Å². The van der Waals surface area contributed by atoms with Gasteiger partial charge in [-0.3, -0.25) is 9.10 Å². The van der Waals surface area contributed by atoms with Crippen LogP contribution in [0.3, 0.4) is 0 Å². The number of para-hydroxylation sites is 2. The minimum atomic E-state index is -4.35. The van der Waals surface area contributed by atoms with Crippen molar-refractivity contribution in [2.24, 2.45) is 0 Å². The van der Waals surface area contributed by atoms with Crippen molar-refractivity contribution < 1.29 is 27.1 Å². The number of halogens is 1. The molecule has 0 heterocycles. The topological polar surface area (TPSA) is 84.9 Å². The molecule has 0 aliphatic heterocycles. The van der Waals surface area contributed by atoms with E-state index in [4.69, 9.17) is 9.47 Å². The van der Waals surface area contributed by atoms with Gasteiger partial charge < -0.3 is 14.8 Å². The lowest BCUT2D eigenvalue weighted by Gasteiger charge is -2.25. The molecule has 1 amide bonds. The molecule has 1 N–H and O–H groups in total. The minimum Gasteiger partial charge on any atom is -0.493 e. The molecule has 0 spiro atoms. The van der Waals surface area contributed by atoms with Gasteiger partial charge in [0.05, 0.1) is 30.5 Å². The Morgan fingerprint density at radius 2 is 1.67 bits per heavy atom. The van der Waals surface area contributed by atoms with Crippen molar-refractivity contribution in [1.29, 1.82) is 0 Å². The Morgan fingerprint density at radius 1 is 1.00 bits per heavy atom. The first-order chi connectivity index (χ1) is 15.8. The summed E-state index contributed by atoms with van der Waals surface area (Å²) in [6.45, 7) is -0.639. The van der Waals surface area contributed by atoms with Crippen LogP contribution in [-0.4, -0.2) is 41.3 Å². The van der Waals surface area contributed by atoms with Crippen molar-refractivity contribution in [3.8, 4) is 11.5 Å². The number of ether oxygens (including phenoxy) is 2. The minimum absolute atomic E-state index is 0.180. The van der Waals surface area contributed by atoms with Crippen LogP contribution < -0.4 is 19.1 Å². The Kier molecular flexibility index (Phi) is 7.83. The third kappa shape index (κ3) is 5.40. The second kappa shape index (κ2) is 10.6. The highest BCUT2D eigenvalue weighted by Crippen LogP contribution is 2.33. The van der Waals surface area contributed by atoms with Crippen LogP contribution in [0.15, 0.2) is 76.5 Å². The standard InChI is InChI=1S/C23H23FN2O5S2/c1-30-20-13-12-16(14-21(20)31-2)33(28,29)26(19-10-6-4-8-17(19)24)15-23(27)25-18-9-5-7-11-22(18)32-3/h4-14H,15H2,1-3H3,(H,25,27). The van der Waals surface area contributed by atoms with E-state index < -0.39 is 28.3 Å². The second-order valence-electron chi connectivity index (χ2n) is 6.73. The second-order valence-corrected chi connectivity index (χ2v) is 9.44. The number of sulfonamides is 1. The number of amides is 1. The van der Waals surface area contributed by atoms with E-state index in [9.17, 15) is 17.6 Å². The van der Waals surface area contributed by atoms with Crippen LogP contribution in [0.2, 0.25) is 0 Å². The van der Waals surface area contributed by atoms with E-state index in [1.165, 1.54) is 62.4 Å². The van der Waals surface area contributed by atoms with Gasteiger partial charge in [0.15, 0.2) is 11.5 Å². The largest absolute Gasteiger partial charge is 0.493 e. The zero-order chi connectivity index (χ0) is 24.0. The molecule has 174 valence electrons. The highest BCUT2D eigenvalue weighted by molar-refractivity contribution is 7.98. The molecule has 7 nitrogen and oxygen atoms in total. The Morgan fingerprint density at radius 3 is 2.33 bits per heavy atom. The van der Waals surface area contributed by atoms with Crippen LogP contribution in [0, 0.1) is 5.82 Å². The number of hydrogen-bond donors (Lipinski definition) is 1. The normalized spacial score (nSPS) is 11.0. The molecule has 0 radical (unpaired) electrons. The Hall–Kier alpha value is -3.24. The molecule has 0 saturated carbocycles. The van der Waals surface area contributed by atoms with Crippen molar-refractivity contribution in [3.63, 3.8) is 0 Å². The average Bonchev–Trinajstić information content (AvgIpc) is 2.82. The zero-order valence-corrected chi connectivity index (χ0v) is 19.9. The van der Waals surface area contributed by atoms with E-state index in [0.717, 1.165) is 15.3 Å². The van der Waals surface area contributed by atoms with Crippen LogP contribution in [0.4, 0.5) is 15.8 Å². The van der Waals surface area contributed by atoms with Crippen molar-refractivity contribution in [3.05, 3.63) is 72.5 Å². The summed E-state index contributed by atoms with van der Waals surface area (Å²) >= 11 is 1.43. The van der Waals surface area contributed by atoms with E-state index in [1.54, 1.807) is 12.1 Å². The molecule has 3 aromatic rings. The molecule has 0 aliphatic carbocycles. The number of nitrogens with one attached hydrogen (secondary N) is 1. The van der Waals surface area contributed by atoms with Crippen molar-refractivity contribution in [2.45, 2.75) is 9.79 Å². The Balaban J connectivity index is 2.02. The maximum absolute atomic E-state index is 14.7. The van der Waals surface area contributed by atoms with Crippen LogP contribution in [0.1, 0.15) is 0 Å². The van der Waals surface area contributed by atoms with Gasteiger partial charge in [-0.15, -0.1) is 11.8 Å². The maximum atomic E-state index is 14.7. The van der Waals surface area contributed by atoms with Crippen LogP contribution in [-0.2, 0) is 14.8 Å². The van der Waals surface area contributed by atoms with E-state index in [1.807, 2.05) is 18.4 Å². The number of rotatable bonds is 9. The highest BCUT2D eigenvalue weighted by Gasteiger charge is 2.30. The average molecular weight is 491 g/mol. The first-order valence-corrected chi connectivity index (χ1v) is 12.4. The summed E-state index contributed by atoms with van der Waals surface area (Å²) in [6.07, 6.45) is 1.86. The first-order valence-electron chi connectivity index (χ1n) is 9.74. The van der Waals surface area contributed by atoms with Gasteiger partial charge in [0.25, 0.3) is 10.0 Å². The Bertz CT molecular complexity index is 1250. The molecule has 0 atom stereocenters. The number of benzene rings is 3. The van der Waals surface area contributed by atoms with Gasteiger partial charge in [-0.25, -0.2) is 12.8 Å². The quantitative estimate of drug-likeness (QED) is 0.448. The molecular weight excluding hydrogens is 467 g/mol. The summed E-state index contributed by atoms with van der Waals surface area (Å²) in [5, 5.41) is 2.71. The van der Waals surface area contributed by atoms with Gasteiger partial charge in [-0.2, -0.15) is 0 Å². The number of carbonyl (C=O) groups is 1. The summed E-state index contributed by atoms with van der Waals surface area (Å²) in [5.74, 6) is -0.881. The SMILES string of the molecule is COc1ccc(S(=O)(=O)N(CC(=O)Nc2ccccc2SC)c2ccccc2F)cc1OC. The summed E-state index contributed by atoms with van der Waals surface area (Å²) < 4.78 is 52.8. The fraction of sp³-hybridized carbons (Fsp3) is 0.174. The number of nitrogens with zero attached hydrogens (tertiary/aromatic N) is 1. The van der Waals surface area contributed by atoms with E-state index in [0.29, 0.717) is 11.4 Å². The van der Waals surface area contributed by atoms with Crippen LogP contribution in [0.25, 0.3) is 0 Å². The summed E-state index contributed by atoms with van der Waals surface area (Å²) in [5.41, 5.74) is 0.285. The highest BCUT2D eigenvalue weighted by atomic mass is 32.2. The molecule has 0 bridgehead atoms. The molecule has 0 aromatic heterocycles. The van der Waals surface area contributed by atoms with Gasteiger partial charge in [0.2, 0.25) is 5.91 Å². The lowest BCUT2D eigenvalue weighted by molar-refractivity contribution is -0.114. The molecule has 3 aromatic carbocycles. The molecule has 0 aliphatic rings. The number of methoxy groups -OCH3 is 2. The Labute approximate surface area is 196 Å². The smallest absolute Gasteiger partial charge is 0.265 e. The zero-order valence-electron chi connectivity index (χ0n) is 18.2. The van der Waals surface area contributed by atoms with Gasteiger partial charge >= 0.3 is 0 Å². The van der Waals surface area contributed by atoms with Gasteiger partial charge in [-0.05, 0) is 42.7 Å². The predicted molar refractivity (Wildman–Crippen MR) is 127 cm³/mol. The predicted octanol–water partition coefficient (Wildman–Crippen LogP) is 4.40. The van der Waals surface area contributed by atoms with E-state index in [-0.39, 0.29) is 16.3 Å². The van der Waals surface area contributed by atoms with Crippen molar-refractivity contribution in [2.75, 3.05) is 36.6 Å². The van der Waals surface area contributed by atoms with Crippen LogP contribution >= 0.6 is 11.8 Å². The van der Waals surface area contributed by atoms with E-state index >= 15 is 0 Å². The third-order valence-corrected chi connectivity index (χ3v) is 7.28. The van der Waals surface area contributed by atoms with Crippen molar-refractivity contribution in [1.82, 2.24) is 0 Å². The molecule has 33 heavy (non-hydrogen) atoms. The maximum Gasteiger partial charge on any atom is 0.265 e. The summed E-state index contributed by atoms with van der Waals surface area (Å²) in [4.78, 5) is 13.5. The summed E-state index contributed by atoms with van der Waals surface area (Å²) in [7, 11) is -1.55. The van der Waals surface area contributed by atoms with Crippen molar-refractivity contribution >= 4 is 39.1 Å². The molecule has 3 rings (SSSR count). The number of anilines is 2. The van der Waals surface area contributed by atoms with Gasteiger partial charge in [-0.1, -0.05) is 24.3 Å². The fourth-order valence-corrected chi connectivity index (χ4v) is 5.12. The lowest BCUT2D eigenvalue weighted by Crippen LogP contribution is -2.38. The van der Waals surface area contributed by atoms with E-state index in [2.05, 4.69) is 5.32 Å². The molecule has 0 unspecified atom stereocenters. The lowest BCUT2D eigenvalue weighted by atomic mass is 10.3. The first kappa shape index (κ1) is 24.4. The van der Waals surface area contributed by atoms with Crippen LogP contribution in [0.5, 0.6) is 11.5 Å². The number of thioether (sulfide) groups is 1. The molecule has 0 fully saturated rings. The monoisotopic (exact) mass is 490 g/mol. The molecular formula is C23H23FN2O5S2. The third-order valence-electron chi connectivity index (χ3n) is 4.73. The summed E-state index contributed by atoms with van der Waals surface area (Å²) in [6, 6.07) is 16.5.